The van der Waals surface area contributed by atoms with Gasteiger partial charge in [-0.1, -0.05) is 12.8 Å². The molecule has 2 aromatic rings. The molecule has 3 N–H and O–H groups in total. The smallest absolute Gasteiger partial charge is 0.244 e. The molecule has 7 heteroatoms. The first-order valence-corrected chi connectivity index (χ1v) is 9.44. The molecule has 1 aromatic carbocycles. The van der Waals surface area contributed by atoms with Gasteiger partial charge in [-0.05, 0) is 51.0 Å². The first-order chi connectivity index (χ1) is 12.5. The van der Waals surface area contributed by atoms with Crippen LogP contribution in [0.1, 0.15) is 39.5 Å². The van der Waals surface area contributed by atoms with E-state index in [1.54, 1.807) is 0 Å². The van der Waals surface area contributed by atoms with Crippen LogP contribution in [0.5, 0.6) is 0 Å². The van der Waals surface area contributed by atoms with Crippen molar-refractivity contribution in [2.45, 2.75) is 51.6 Å². The summed E-state index contributed by atoms with van der Waals surface area (Å²) in [6.07, 6.45) is 5.41. The van der Waals surface area contributed by atoms with Crippen molar-refractivity contribution in [3.8, 4) is 0 Å². The molecule has 0 unspecified atom stereocenters. The molecular weight excluding hydrogens is 364 g/mol. The van der Waals surface area contributed by atoms with E-state index >= 15 is 0 Å². The predicted octanol–water partition coefficient (Wildman–Crippen LogP) is 3.14. The Hall–Kier alpha value is -2.05. The summed E-state index contributed by atoms with van der Waals surface area (Å²) in [7, 11) is 0. The number of anilines is 1. The number of fused-ring (bicyclic) bond motifs is 1. The maximum Gasteiger partial charge on any atom is 0.244 e. The van der Waals surface area contributed by atoms with Gasteiger partial charge in [-0.3, -0.25) is 9.59 Å². The third-order valence-electron chi connectivity index (χ3n) is 5.40. The van der Waals surface area contributed by atoms with Crippen LogP contribution in [0.15, 0.2) is 30.5 Å². The van der Waals surface area contributed by atoms with E-state index in [1.807, 2.05) is 53.8 Å². The van der Waals surface area contributed by atoms with Gasteiger partial charge in [-0.15, -0.1) is 12.4 Å². The Balaban J connectivity index is 0.00000261. The van der Waals surface area contributed by atoms with Crippen molar-refractivity contribution in [1.82, 2.24) is 9.47 Å². The van der Waals surface area contributed by atoms with Crippen LogP contribution < -0.4 is 11.1 Å². The Morgan fingerprint density at radius 2 is 1.85 bits per heavy atom. The van der Waals surface area contributed by atoms with Crippen LogP contribution in [-0.4, -0.2) is 39.9 Å². The molecule has 1 saturated carbocycles. The summed E-state index contributed by atoms with van der Waals surface area (Å²) in [6, 6.07) is 7.72. The Kier molecular flexibility index (Phi) is 6.89. The normalized spacial score (nSPS) is 15.4. The van der Waals surface area contributed by atoms with Crippen LogP contribution in [0.2, 0.25) is 0 Å². The third kappa shape index (κ3) is 4.45. The second-order valence-corrected chi connectivity index (χ2v) is 7.10. The second kappa shape index (κ2) is 8.76. The van der Waals surface area contributed by atoms with Crippen molar-refractivity contribution in [2.75, 3.05) is 18.4 Å². The molecule has 0 aliphatic heterocycles. The lowest BCUT2D eigenvalue weighted by molar-refractivity contribution is -0.131. The molecule has 0 atom stereocenters. The van der Waals surface area contributed by atoms with Gasteiger partial charge in [0, 0.05) is 35.9 Å². The fourth-order valence-corrected chi connectivity index (χ4v) is 3.73. The zero-order chi connectivity index (χ0) is 18.7. The van der Waals surface area contributed by atoms with Gasteiger partial charge in [-0.2, -0.15) is 0 Å². The molecule has 6 nitrogen and oxygen atoms in total. The topological polar surface area (TPSA) is 80.4 Å². The fraction of sp³-hybridized carbons (Fsp3) is 0.500. The summed E-state index contributed by atoms with van der Waals surface area (Å²) in [5.74, 6) is 0.00156. The molecule has 3 rings (SSSR count). The van der Waals surface area contributed by atoms with Gasteiger partial charge in [0.1, 0.15) is 6.54 Å². The fourth-order valence-electron chi connectivity index (χ4n) is 3.73. The van der Waals surface area contributed by atoms with E-state index < -0.39 is 5.54 Å². The highest BCUT2D eigenvalue weighted by Gasteiger charge is 2.36. The van der Waals surface area contributed by atoms with E-state index in [-0.39, 0.29) is 24.2 Å². The van der Waals surface area contributed by atoms with E-state index in [0.717, 1.165) is 42.3 Å². The molecular formula is C20H29ClN4O2. The zero-order valence-corrected chi connectivity index (χ0v) is 16.8. The number of likely N-dealkylation sites (N-methyl/N-ethyl adjacent to an activating group) is 1. The molecule has 0 bridgehead atoms. The highest BCUT2D eigenvalue weighted by molar-refractivity contribution is 5.99. The van der Waals surface area contributed by atoms with Crippen LogP contribution in [-0.2, 0) is 16.1 Å². The minimum absolute atomic E-state index is 0. The van der Waals surface area contributed by atoms with E-state index in [9.17, 15) is 9.59 Å². The number of nitrogens with zero attached hydrogens (tertiary/aromatic N) is 2. The summed E-state index contributed by atoms with van der Waals surface area (Å²) in [4.78, 5) is 26.6. The van der Waals surface area contributed by atoms with Gasteiger partial charge in [-0.25, -0.2) is 0 Å². The van der Waals surface area contributed by atoms with Gasteiger partial charge < -0.3 is 20.5 Å². The molecule has 1 aliphatic rings. The van der Waals surface area contributed by atoms with Crippen molar-refractivity contribution in [3.05, 3.63) is 30.5 Å². The van der Waals surface area contributed by atoms with Crippen molar-refractivity contribution < 1.29 is 9.59 Å². The summed E-state index contributed by atoms with van der Waals surface area (Å²) in [6.45, 7) is 5.72. The first kappa shape index (κ1) is 21.3. The van der Waals surface area contributed by atoms with Crippen LogP contribution >= 0.6 is 12.4 Å². The van der Waals surface area contributed by atoms with Crippen LogP contribution in [0, 0.1) is 0 Å². The average molecular weight is 393 g/mol. The Morgan fingerprint density at radius 1 is 1.19 bits per heavy atom. The van der Waals surface area contributed by atoms with Crippen molar-refractivity contribution >= 4 is 40.8 Å². The number of amides is 2. The molecule has 1 aromatic heterocycles. The summed E-state index contributed by atoms with van der Waals surface area (Å²) < 4.78 is 1.95. The highest BCUT2D eigenvalue weighted by Crippen LogP contribution is 2.29. The lowest BCUT2D eigenvalue weighted by Gasteiger charge is -2.22. The zero-order valence-electron chi connectivity index (χ0n) is 16.0. The average Bonchev–Trinajstić information content (AvgIpc) is 3.23. The largest absolute Gasteiger partial charge is 0.342 e. The molecule has 1 heterocycles. The van der Waals surface area contributed by atoms with E-state index in [1.165, 1.54) is 0 Å². The summed E-state index contributed by atoms with van der Waals surface area (Å²) >= 11 is 0. The number of aromatic nitrogens is 1. The van der Waals surface area contributed by atoms with Gasteiger partial charge >= 0.3 is 0 Å². The quantitative estimate of drug-likeness (QED) is 0.792. The number of halogens is 1. The maximum absolute atomic E-state index is 12.5. The SMILES string of the molecule is CCN(CC)C(=O)Cn1ccc2cc(NC(=O)C3(N)CCCC3)ccc21.Cl. The van der Waals surface area contributed by atoms with Gasteiger partial charge in [0.15, 0.2) is 0 Å². The van der Waals surface area contributed by atoms with E-state index in [2.05, 4.69) is 5.32 Å². The van der Waals surface area contributed by atoms with Gasteiger partial charge in [0.05, 0.1) is 5.54 Å². The lowest BCUT2D eigenvalue weighted by Crippen LogP contribution is -2.48. The Labute approximate surface area is 166 Å². The maximum atomic E-state index is 12.5. The summed E-state index contributed by atoms with van der Waals surface area (Å²) in [5, 5.41) is 3.95. The van der Waals surface area contributed by atoms with E-state index in [4.69, 9.17) is 5.73 Å². The number of rotatable bonds is 6. The van der Waals surface area contributed by atoms with Gasteiger partial charge in [0.25, 0.3) is 0 Å². The molecule has 27 heavy (non-hydrogen) atoms. The summed E-state index contributed by atoms with van der Waals surface area (Å²) in [5.41, 5.74) is 7.20. The van der Waals surface area contributed by atoms with E-state index in [0.29, 0.717) is 19.6 Å². The highest BCUT2D eigenvalue weighted by atomic mass is 35.5. The molecule has 0 radical (unpaired) electrons. The molecule has 1 aliphatic carbocycles. The lowest BCUT2D eigenvalue weighted by atomic mass is 9.98. The second-order valence-electron chi connectivity index (χ2n) is 7.10. The minimum atomic E-state index is -0.739. The number of hydrogen-bond donors (Lipinski definition) is 2. The van der Waals surface area contributed by atoms with Crippen LogP contribution in [0.3, 0.4) is 0 Å². The monoisotopic (exact) mass is 392 g/mol. The molecule has 148 valence electrons. The number of nitrogens with one attached hydrogen (secondary N) is 1. The Morgan fingerprint density at radius 3 is 2.48 bits per heavy atom. The minimum Gasteiger partial charge on any atom is -0.342 e. The number of carbonyl (C=O) groups is 2. The Bertz CT molecular complexity index is 807. The molecule has 0 saturated heterocycles. The van der Waals surface area contributed by atoms with Crippen molar-refractivity contribution in [1.29, 1.82) is 0 Å². The van der Waals surface area contributed by atoms with Crippen LogP contribution in [0.25, 0.3) is 10.9 Å². The molecule has 1 fully saturated rings. The predicted molar refractivity (Wildman–Crippen MR) is 111 cm³/mol. The third-order valence-corrected chi connectivity index (χ3v) is 5.40. The molecule has 0 spiro atoms. The van der Waals surface area contributed by atoms with Gasteiger partial charge in [0.2, 0.25) is 11.8 Å². The van der Waals surface area contributed by atoms with Crippen molar-refractivity contribution in [3.63, 3.8) is 0 Å². The number of nitrogens with two attached hydrogens (primary N) is 1. The molecule has 2 amide bonds. The van der Waals surface area contributed by atoms with Crippen LogP contribution in [0.4, 0.5) is 5.69 Å². The first-order valence-electron chi connectivity index (χ1n) is 9.44. The van der Waals surface area contributed by atoms with Crippen molar-refractivity contribution in [2.24, 2.45) is 5.73 Å². The number of hydrogen-bond acceptors (Lipinski definition) is 3. The number of benzene rings is 1. The standard InChI is InChI=1S/C20H28N4O2.ClH/c1-3-23(4-2)18(25)14-24-12-9-15-13-16(7-8-17(15)24)22-19(26)20(21)10-5-6-11-20;/h7-9,12-13H,3-6,10-11,14,21H2,1-2H3,(H,22,26);1H. The number of carbonyl (C=O) groups excluding carboxylic acids is 2.